The van der Waals surface area contributed by atoms with Crippen LogP contribution in [-0.4, -0.2) is 53.0 Å². The largest absolute Gasteiger partial charge is 0.453 e. The van der Waals surface area contributed by atoms with Gasteiger partial charge in [-0.2, -0.15) is 0 Å². The summed E-state index contributed by atoms with van der Waals surface area (Å²) in [7, 11) is 1.28. The van der Waals surface area contributed by atoms with E-state index in [0.717, 1.165) is 6.42 Å². The molecule has 1 aromatic carbocycles. The van der Waals surface area contributed by atoms with Crippen LogP contribution in [0.4, 0.5) is 10.5 Å². The number of hydrogen-bond acceptors (Lipinski definition) is 5. The van der Waals surface area contributed by atoms with Crippen molar-refractivity contribution in [3.8, 4) is 0 Å². The van der Waals surface area contributed by atoms with E-state index < -0.39 is 17.1 Å². The molecule has 0 aromatic heterocycles. The van der Waals surface area contributed by atoms with E-state index in [9.17, 15) is 19.7 Å². The highest BCUT2D eigenvalue weighted by molar-refractivity contribution is 5.86. The van der Waals surface area contributed by atoms with Crippen LogP contribution in [0.2, 0.25) is 0 Å². The van der Waals surface area contributed by atoms with E-state index >= 15 is 0 Å². The Morgan fingerprint density at radius 2 is 2.28 bits per heavy atom. The Hall–Kier alpha value is -2.90. The van der Waals surface area contributed by atoms with Crippen LogP contribution in [0.5, 0.6) is 0 Å². The first-order chi connectivity index (χ1) is 12.0. The molecule has 25 heavy (non-hydrogen) atoms. The van der Waals surface area contributed by atoms with Crippen molar-refractivity contribution in [2.75, 3.05) is 20.2 Å². The first kappa shape index (κ1) is 18.4. The van der Waals surface area contributed by atoms with Crippen LogP contribution in [0, 0.1) is 10.1 Å². The Balaban J connectivity index is 2.18. The molecule has 8 heteroatoms. The predicted molar refractivity (Wildman–Crippen MR) is 90.8 cm³/mol. The molecule has 134 valence electrons. The van der Waals surface area contributed by atoms with Gasteiger partial charge in [0.2, 0.25) is 5.91 Å². The number of carbonyl (C=O) groups is 2. The number of nitro benzene ring substituents is 1. The third kappa shape index (κ3) is 4.34. The van der Waals surface area contributed by atoms with Gasteiger partial charge in [-0.25, -0.2) is 4.79 Å². The normalized spacial score (nSPS) is 16.4. The van der Waals surface area contributed by atoms with Crippen LogP contribution in [0.3, 0.4) is 0 Å². The topological polar surface area (TPSA) is 93.0 Å². The Morgan fingerprint density at radius 1 is 1.52 bits per heavy atom. The summed E-state index contributed by atoms with van der Waals surface area (Å²) in [5.41, 5.74) is 0.618. The molecule has 1 aliphatic rings. The van der Waals surface area contributed by atoms with Gasteiger partial charge in [0, 0.05) is 31.8 Å². The predicted octanol–water partition coefficient (Wildman–Crippen LogP) is 2.34. The van der Waals surface area contributed by atoms with Gasteiger partial charge in [0.05, 0.1) is 12.0 Å². The van der Waals surface area contributed by atoms with Gasteiger partial charge in [-0.05, 0) is 18.4 Å². The number of ether oxygens (including phenoxy) is 1. The SMILES string of the molecule is C=CCN(Cc1cccc([N+](=O)[O-])c1)C(=O)C1CCCN1C(=O)OC. The zero-order chi connectivity index (χ0) is 18.4. The monoisotopic (exact) mass is 347 g/mol. The molecule has 1 heterocycles. The molecule has 2 rings (SSSR count). The minimum Gasteiger partial charge on any atom is -0.453 e. The lowest BCUT2D eigenvalue weighted by molar-refractivity contribution is -0.384. The number of non-ortho nitro benzene ring substituents is 1. The number of nitro groups is 1. The van der Waals surface area contributed by atoms with Crippen LogP contribution in [0.1, 0.15) is 18.4 Å². The minimum atomic E-state index is -0.578. The van der Waals surface area contributed by atoms with E-state index in [1.807, 2.05) is 0 Å². The standard InChI is InChI=1S/C17H21N3O5/c1-3-9-18(12-13-6-4-7-14(11-13)20(23)24)16(21)15-8-5-10-19(15)17(22)25-2/h3-4,6-7,11,15H,1,5,8-10,12H2,2H3. The van der Waals surface area contributed by atoms with Crippen LogP contribution in [0.25, 0.3) is 0 Å². The third-order valence-electron chi connectivity index (χ3n) is 4.10. The van der Waals surface area contributed by atoms with Gasteiger partial charge in [-0.1, -0.05) is 18.2 Å². The van der Waals surface area contributed by atoms with Gasteiger partial charge in [-0.15, -0.1) is 6.58 Å². The second kappa shape index (κ2) is 8.27. The number of carbonyl (C=O) groups excluding carboxylic acids is 2. The average molecular weight is 347 g/mol. The lowest BCUT2D eigenvalue weighted by atomic mass is 10.1. The van der Waals surface area contributed by atoms with E-state index in [1.54, 1.807) is 18.2 Å². The molecule has 2 amide bonds. The molecular formula is C17H21N3O5. The highest BCUT2D eigenvalue weighted by atomic mass is 16.6. The van der Waals surface area contributed by atoms with Crippen molar-refractivity contribution in [1.82, 2.24) is 9.80 Å². The Bertz CT molecular complexity index is 676. The quantitative estimate of drug-likeness (QED) is 0.447. The highest BCUT2D eigenvalue weighted by Crippen LogP contribution is 2.22. The summed E-state index contributed by atoms with van der Waals surface area (Å²) in [6, 6.07) is 5.57. The van der Waals surface area contributed by atoms with Crippen LogP contribution in [0.15, 0.2) is 36.9 Å². The molecule has 0 bridgehead atoms. The second-order valence-corrected chi connectivity index (χ2v) is 5.76. The molecular weight excluding hydrogens is 326 g/mol. The van der Waals surface area contributed by atoms with E-state index in [-0.39, 0.29) is 24.7 Å². The van der Waals surface area contributed by atoms with Gasteiger partial charge in [0.15, 0.2) is 0 Å². The maximum absolute atomic E-state index is 12.9. The molecule has 0 radical (unpaired) electrons. The summed E-state index contributed by atoms with van der Waals surface area (Å²) >= 11 is 0. The molecule has 1 atom stereocenters. The zero-order valence-corrected chi connectivity index (χ0v) is 14.1. The van der Waals surface area contributed by atoms with Crippen LogP contribution < -0.4 is 0 Å². The maximum Gasteiger partial charge on any atom is 0.410 e. The molecule has 1 aromatic rings. The van der Waals surface area contributed by atoms with Crippen LogP contribution >= 0.6 is 0 Å². The molecule has 1 aliphatic heterocycles. The number of hydrogen-bond donors (Lipinski definition) is 0. The fourth-order valence-electron chi connectivity index (χ4n) is 2.95. The van der Waals surface area contributed by atoms with Gasteiger partial charge >= 0.3 is 6.09 Å². The number of methoxy groups -OCH3 is 1. The zero-order valence-electron chi connectivity index (χ0n) is 14.1. The summed E-state index contributed by atoms with van der Waals surface area (Å²) in [6.07, 6.45) is 2.36. The summed E-state index contributed by atoms with van der Waals surface area (Å²) in [6.45, 7) is 4.63. The van der Waals surface area contributed by atoms with E-state index in [0.29, 0.717) is 18.5 Å². The molecule has 0 aliphatic carbocycles. The number of rotatable bonds is 6. The van der Waals surface area contributed by atoms with Crippen molar-refractivity contribution in [3.63, 3.8) is 0 Å². The van der Waals surface area contributed by atoms with Crippen molar-refractivity contribution >= 4 is 17.7 Å². The Labute approximate surface area is 145 Å². The van der Waals surface area contributed by atoms with Gasteiger partial charge in [-0.3, -0.25) is 19.8 Å². The summed E-state index contributed by atoms with van der Waals surface area (Å²) in [5.74, 6) is -0.214. The van der Waals surface area contributed by atoms with E-state index in [2.05, 4.69) is 6.58 Å². The molecule has 1 saturated heterocycles. The van der Waals surface area contributed by atoms with Crippen molar-refractivity contribution in [2.24, 2.45) is 0 Å². The summed E-state index contributed by atoms with van der Waals surface area (Å²) in [4.78, 5) is 38.1. The van der Waals surface area contributed by atoms with Crippen molar-refractivity contribution in [2.45, 2.75) is 25.4 Å². The highest BCUT2D eigenvalue weighted by Gasteiger charge is 2.37. The summed E-state index contributed by atoms with van der Waals surface area (Å²) in [5, 5.41) is 10.9. The average Bonchev–Trinajstić information content (AvgIpc) is 3.10. The van der Waals surface area contributed by atoms with E-state index in [4.69, 9.17) is 4.74 Å². The lowest BCUT2D eigenvalue weighted by Gasteiger charge is -2.29. The van der Waals surface area contributed by atoms with Crippen molar-refractivity contribution in [1.29, 1.82) is 0 Å². The van der Waals surface area contributed by atoms with E-state index in [1.165, 1.54) is 29.0 Å². The van der Waals surface area contributed by atoms with Crippen LogP contribution in [-0.2, 0) is 16.1 Å². The molecule has 1 fully saturated rings. The van der Waals surface area contributed by atoms with Gasteiger partial charge in [0.25, 0.3) is 5.69 Å². The summed E-state index contributed by atoms with van der Waals surface area (Å²) < 4.78 is 4.74. The molecule has 8 nitrogen and oxygen atoms in total. The third-order valence-corrected chi connectivity index (χ3v) is 4.10. The number of nitrogens with zero attached hydrogens (tertiary/aromatic N) is 3. The Kier molecular flexibility index (Phi) is 6.10. The smallest absolute Gasteiger partial charge is 0.410 e. The minimum absolute atomic E-state index is 0.0273. The molecule has 0 saturated carbocycles. The second-order valence-electron chi connectivity index (χ2n) is 5.76. The number of amides is 2. The first-order valence-corrected chi connectivity index (χ1v) is 7.95. The van der Waals surface area contributed by atoms with Gasteiger partial charge in [0.1, 0.15) is 6.04 Å². The maximum atomic E-state index is 12.9. The first-order valence-electron chi connectivity index (χ1n) is 7.95. The Morgan fingerprint density at radius 3 is 2.92 bits per heavy atom. The van der Waals surface area contributed by atoms with Crippen molar-refractivity contribution < 1.29 is 19.2 Å². The number of likely N-dealkylation sites (tertiary alicyclic amines) is 1. The molecule has 1 unspecified atom stereocenters. The fraction of sp³-hybridized carbons (Fsp3) is 0.412. The number of benzene rings is 1. The fourth-order valence-corrected chi connectivity index (χ4v) is 2.95. The lowest BCUT2D eigenvalue weighted by Crippen LogP contribution is -2.47. The molecule has 0 N–H and O–H groups in total. The van der Waals surface area contributed by atoms with Gasteiger partial charge < -0.3 is 9.64 Å². The van der Waals surface area contributed by atoms with Crippen molar-refractivity contribution in [3.05, 3.63) is 52.6 Å². The molecule has 0 spiro atoms.